The zero-order valence-electron chi connectivity index (χ0n) is 11.5. The van der Waals surface area contributed by atoms with Gasteiger partial charge in [0.2, 0.25) is 0 Å². The van der Waals surface area contributed by atoms with Gasteiger partial charge in [0.15, 0.2) is 0 Å². The van der Waals surface area contributed by atoms with Crippen molar-refractivity contribution < 1.29 is 14.1 Å². The summed E-state index contributed by atoms with van der Waals surface area (Å²) >= 11 is 0. The number of nitro groups is 1. The van der Waals surface area contributed by atoms with Crippen molar-refractivity contribution in [2.75, 3.05) is 5.32 Å². The molecule has 108 valence electrons. The van der Waals surface area contributed by atoms with E-state index in [1.165, 1.54) is 37.3 Å². The highest BCUT2D eigenvalue weighted by Crippen LogP contribution is 2.23. The van der Waals surface area contributed by atoms with Crippen LogP contribution >= 0.6 is 0 Å². The number of amides is 1. The molecule has 0 aliphatic heterocycles. The van der Waals surface area contributed by atoms with Crippen molar-refractivity contribution >= 4 is 17.3 Å². The van der Waals surface area contributed by atoms with Crippen molar-refractivity contribution in [2.45, 2.75) is 13.8 Å². The average molecular weight is 288 g/mol. The van der Waals surface area contributed by atoms with Gasteiger partial charge in [0, 0.05) is 17.2 Å². The zero-order valence-corrected chi connectivity index (χ0v) is 11.5. The Bertz CT molecular complexity index is 729. The molecule has 0 radical (unpaired) electrons. The Morgan fingerprint density at radius 3 is 2.57 bits per heavy atom. The smallest absolute Gasteiger partial charge is 0.273 e. The summed E-state index contributed by atoms with van der Waals surface area (Å²) in [5.74, 6) is -1.13. The lowest BCUT2D eigenvalue weighted by Gasteiger charge is -2.09. The van der Waals surface area contributed by atoms with Crippen LogP contribution in [0.15, 0.2) is 36.4 Å². The van der Waals surface area contributed by atoms with E-state index in [9.17, 15) is 19.3 Å². The molecular weight excluding hydrogens is 275 g/mol. The van der Waals surface area contributed by atoms with Gasteiger partial charge >= 0.3 is 0 Å². The minimum Gasteiger partial charge on any atom is -0.319 e. The summed E-state index contributed by atoms with van der Waals surface area (Å²) in [5, 5.41) is 13.3. The zero-order chi connectivity index (χ0) is 15.6. The Morgan fingerprint density at radius 2 is 1.95 bits per heavy atom. The first kappa shape index (κ1) is 14.6. The third kappa shape index (κ3) is 3.05. The summed E-state index contributed by atoms with van der Waals surface area (Å²) in [6.45, 7) is 3.22. The van der Waals surface area contributed by atoms with Crippen LogP contribution in [0, 0.1) is 29.8 Å². The quantitative estimate of drug-likeness (QED) is 0.692. The standard InChI is InChI=1S/C15H13FN2O3/c1-9-6-7-13(12(16)8-9)17-15(19)11-4-3-5-14(10(11)2)18(20)21/h3-8H,1-2H3,(H,17,19). The molecule has 0 unspecified atom stereocenters. The molecule has 5 nitrogen and oxygen atoms in total. The monoisotopic (exact) mass is 288 g/mol. The molecule has 0 aliphatic carbocycles. The Morgan fingerprint density at radius 1 is 1.24 bits per heavy atom. The predicted octanol–water partition coefficient (Wildman–Crippen LogP) is 3.60. The molecule has 0 atom stereocenters. The number of anilines is 1. The van der Waals surface area contributed by atoms with Crippen molar-refractivity contribution in [1.82, 2.24) is 0 Å². The fraction of sp³-hybridized carbons (Fsp3) is 0.133. The van der Waals surface area contributed by atoms with E-state index < -0.39 is 16.6 Å². The molecule has 2 aromatic carbocycles. The molecule has 0 fully saturated rings. The maximum absolute atomic E-state index is 13.7. The van der Waals surface area contributed by atoms with Gasteiger partial charge in [-0.2, -0.15) is 0 Å². The fourth-order valence-electron chi connectivity index (χ4n) is 1.98. The van der Waals surface area contributed by atoms with Crippen LogP contribution in [0.4, 0.5) is 15.8 Å². The third-order valence-electron chi connectivity index (χ3n) is 3.12. The number of benzene rings is 2. The first-order valence-corrected chi connectivity index (χ1v) is 6.21. The van der Waals surface area contributed by atoms with Gasteiger partial charge in [-0.15, -0.1) is 0 Å². The summed E-state index contributed by atoms with van der Waals surface area (Å²) in [6.07, 6.45) is 0. The molecular formula is C15H13FN2O3. The highest BCUT2D eigenvalue weighted by atomic mass is 19.1. The van der Waals surface area contributed by atoms with Crippen molar-refractivity contribution in [3.8, 4) is 0 Å². The average Bonchev–Trinajstić information content (AvgIpc) is 2.41. The third-order valence-corrected chi connectivity index (χ3v) is 3.12. The molecule has 0 aliphatic rings. The van der Waals surface area contributed by atoms with E-state index >= 15 is 0 Å². The van der Waals surface area contributed by atoms with Crippen molar-refractivity contribution in [1.29, 1.82) is 0 Å². The second-order valence-electron chi connectivity index (χ2n) is 4.64. The summed E-state index contributed by atoms with van der Waals surface area (Å²) < 4.78 is 13.7. The van der Waals surface area contributed by atoms with Crippen molar-refractivity contribution in [3.63, 3.8) is 0 Å². The summed E-state index contributed by atoms with van der Waals surface area (Å²) in [4.78, 5) is 22.4. The van der Waals surface area contributed by atoms with Crippen LogP contribution in [-0.2, 0) is 0 Å². The number of hydrogen-bond donors (Lipinski definition) is 1. The van der Waals surface area contributed by atoms with Crippen molar-refractivity contribution in [3.05, 3.63) is 69.0 Å². The first-order chi connectivity index (χ1) is 9.90. The summed E-state index contributed by atoms with van der Waals surface area (Å²) in [5.41, 5.74) is 1.01. The lowest BCUT2D eigenvalue weighted by molar-refractivity contribution is -0.385. The van der Waals surface area contributed by atoms with Crippen LogP contribution < -0.4 is 5.32 Å². The van der Waals surface area contributed by atoms with E-state index in [1.54, 1.807) is 13.0 Å². The number of nitro benzene ring substituents is 1. The summed E-state index contributed by atoms with van der Waals surface area (Å²) in [6, 6.07) is 8.62. The van der Waals surface area contributed by atoms with E-state index in [0.717, 1.165) is 5.56 Å². The number of halogens is 1. The van der Waals surface area contributed by atoms with E-state index in [0.29, 0.717) is 0 Å². The second kappa shape index (κ2) is 5.70. The highest BCUT2D eigenvalue weighted by Gasteiger charge is 2.18. The van der Waals surface area contributed by atoms with Crippen LogP contribution in [0.5, 0.6) is 0 Å². The molecule has 0 heterocycles. The molecule has 1 amide bonds. The van der Waals surface area contributed by atoms with Gasteiger partial charge in [-0.25, -0.2) is 4.39 Å². The van der Waals surface area contributed by atoms with Gasteiger partial charge in [0.1, 0.15) is 5.82 Å². The number of carbonyl (C=O) groups excluding carboxylic acids is 1. The van der Waals surface area contributed by atoms with E-state index in [-0.39, 0.29) is 22.5 Å². The Balaban J connectivity index is 2.33. The molecule has 2 aromatic rings. The SMILES string of the molecule is Cc1ccc(NC(=O)c2cccc([N+](=O)[O-])c2C)c(F)c1. The minimum atomic E-state index is -0.584. The molecule has 6 heteroatoms. The van der Waals surface area contributed by atoms with Crippen LogP contribution in [0.3, 0.4) is 0 Å². The Hall–Kier alpha value is -2.76. The fourth-order valence-corrected chi connectivity index (χ4v) is 1.98. The largest absolute Gasteiger partial charge is 0.319 e. The molecule has 0 bridgehead atoms. The van der Waals surface area contributed by atoms with Crippen LogP contribution in [0.25, 0.3) is 0 Å². The first-order valence-electron chi connectivity index (χ1n) is 6.21. The van der Waals surface area contributed by atoms with Crippen LogP contribution in [-0.4, -0.2) is 10.8 Å². The molecule has 0 saturated carbocycles. The number of nitrogens with zero attached hydrogens (tertiary/aromatic N) is 1. The number of rotatable bonds is 3. The van der Waals surface area contributed by atoms with E-state index in [4.69, 9.17) is 0 Å². The maximum atomic E-state index is 13.7. The predicted molar refractivity (Wildman–Crippen MR) is 76.9 cm³/mol. The van der Waals surface area contributed by atoms with Gasteiger partial charge in [-0.1, -0.05) is 12.1 Å². The van der Waals surface area contributed by atoms with E-state index in [2.05, 4.69) is 5.32 Å². The number of nitrogens with one attached hydrogen (secondary N) is 1. The van der Waals surface area contributed by atoms with Gasteiger partial charge in [0.25, 0.3) is 11.6 Å². The molecule has 0 spiro atoms. The highest BCUT2D eigenvalue weighted by molar-refractivity contribution is 6.05. The van der Waals surface area contributed by atoms with Gasteiger partial charge in [-0.3, -0.25) is 14.9 Å². The van der Waals surface area contributed by atoms with E-state index in [1.807, 2.05) is 0 Å². The van der Waals surface area contributed by atoms with Gasteiger partial charge < -0.3 is 5.32 Å². The molecule has 0 saturated heterocycles. The lowest BCUT2D eigenvalue weighted by Crippen LogP contribution is -2.15. The lowest BCUT2D eigenvalue weighted by atomic mass is 10.1. The number of aryl methyl sites for hydroxylation is 1. The maximum Gasteiger partial charge on any atom is 0.273 e. The van der Waals surface area contributed by atoms with Crippen LogP contribution in [0.1, 0.15) is 21.5 Å². The minimum absolute atomic E-state index is 0.0384. The van der Waals surface area contributed by atoms with Crippen molar-refractivity contribution in [2.24, 2.45) is 0 Å². The summed E-state index contributed by atoms with van der Waals surface area (Å²) in [7, 11) is 0. The number of carbonyl (C=O) groups is 1. The molecule has 0 aromatic heterocycles. The molecule has 21 heavy (non-hydrogen) atoms. The molecule has 2 rings (SSSR count). The Kier molecular flexibility index (Phi) is 3.98. The normalized spacial score (nSPS) is 10.2. The second-order valence-corrected chi connectivity index (χ2v) is 4.64. The Labute approximate surface area is 120 Å². The topological polar surface area (TPSA) is 72.2 Å². The molecule has 1 N–H and O–H groups in total. The van der Waals surface area contributed by atoms with Gasteiger partial charge in [-0.05, 0) is 37.6 Å². The number of hydrogen-bond acceptors (Lipinski definition) is 3. The van der Waals surface area contributed by atoms with Crippen LogP contribution in [0.2, 0.25) is 0 Å². The van der Waals surface area contributed by atoms with Gasteiger partial charge in [0.05, 0.1) is 10.6 Å².